The van der Waals surface area contributed by atoms with Crippen molar-refractivity contribution in [3.05, 3.63) is 45.2 Å². The first-order valence-electron chi connectivity index (χ1n) is 6.75. The fourth-order valence-electron chi connectivity index (χ4n) is 2.20. The van der Waals surface area contributed by atoms with Crippen molar-refractivity contribution >= 4 is 46.2 Å². The molecule has 0 saturated carbocycles. The van der Waals surface area contributed by atoms with Crippen LogP contribution in [0.4, 0.5) is 5.69 Å². The predicted molar refractivity (Wildman–Crippen MR) is 96.8 cm³/mol. The number of rotatable bonds is 3. The molecule has 1 aromatic carbocycles. The average Bonchev–Trinajstić information content (AvgIpc) is 2.64. The molecule has 1 N–H and O–H groups in total. The van der Waals surface area contributed by atoms with Crippen molar-refractivity contribution in [2.24, 2.45) is 7.05 Å². The second kappa shape index (κ2) is 6.86. The molecule has 1 aromatic heterocycles. The molecule has 0 atom stereocenters. The monoisotopic (exact) mass is 356 g/mol. The molecule has 0 aliphatic heterocycles. The largest absolute Gasteiger partial charge is 0.348 e. The molecule has 0 spiro atoms. The van der Waals surface area contributed by atoms with Crippen LogP contribution in [0.2, 0.25) is 10.0 Å². The lowest BCUT2D eigenvalue weighted by atomic mass is 10.2. The fourth-order valence-corrected chi connectivity index (χ4v) is 2.91. The third-order valence-corrected chi connectivity index (χ3v) is 4.36. The van der Waals surface area contributed by atoms with E-state index in [1.165, 1.54) is 5.56 Å². The highest BCUT2D eigenvalue weighted by molar-refractivity contribution is 7.80. The summed E-state index contributed by atoms with van der Waals surface area (Å²) in [7, 11) is 3.88. The van der Waals surface area contributed by atoms with Crippen molar-refractivity contribution < 1.29 is 0 Å². The highest BCUT2D eigenvalue weighted by Crippen LogP contribution is 2.23. The van der Waals surface area contributed by atoms with Gasteiger partial charge in [0.05, 0.1) is 5.69 Å². The van der Waals surface area contributed by atoms with Gasteiger partial charge in [0, 0.05) is 47.6 Å². The Morgan fingerprint density at radius 3 is 2.36 bits per heavy atom. The van der Waals surface area contributed by atoms with Gasteiger partial charge in [-0.15, -0.1) is 0 Å². The lowest BCUT2D eigenvalue weighted by Gasteiger charge is -2.21. The fraction of sp³-hybridized carbons (Fsp3) is 0.333. The number of halogens is 2. The molecular formula is C15H18Cl2N4S. The highest BCUT2D eigenvalue weighted by Gasteiger charge is 2.13. The van der Waals surface area contributed by atoms with E-state index < -0.39 is 0 Å². The van der Waals surface area contributed by atoms with Crippen LogP contribution in [0.5, 0.6) is 0 Å². The van der Waals surface area contributed by atoms with Gasteiger partial charge in [0.2, 0.25) is 0 Å². The zero-order chi connectivity index (χ0) is 16.4. The van der Waals surface area contributed by atoms with Crippen LogP contribution in [0, 0.1) is 13.8 Å². The van der Waals surface area contributed by atoms with E-state index in [9.17, 15) is 0 Å². The van der Waals surface area contributed by atoms with Crippen LogP contribution >= 0.6 is 35.4 Å². The van der Waals surface area contributed by atoms with Crippen molar-refractivity contribution in [3.8, 4) is 0 Å². The molecule has 7 heteroatoms. The molecule has 22 heavy (non-hydrogen) atoms. The summed E-state index contributed by atoms with van der Waals surface area (Å²) in [5, 5.41) is 9.31. The van der Waals surface area contributed by atoms with Crippen molar-refractivity contribution in [1.82, 2.24) is 14.7 Å². The van der Waals surface area contributed by atoms with Gasteiger partial charge in [0.25, 0.3) is 0 Å². The first-order chi connectivity index (χ1) is 10.3. The second-order valence-corrected chi connectivity index (χ2v) is 6.48. The molecule has 0 bridgehead atoms. The second-order valence-electron chi connectivity index (χ2n) is 5.22. The molecule has 0 unspecified atom stereocenters. The van der Waals surface area contributed by atoms with Gasteiger partial charge in [0.15, 0.2) is 5.11 Å². The Morgan fingerprint density at radius 1 is 1.27 bits per heavy atom. The topological polar surface area (TPSA) is 33.1 Å². The van der Waals surface area contributed by atoms with E-state index >= 15 is 0 Å². The standard InChI is InChI=1S/C15H18Cl2N4S/c1-9-14(10(2)21(4)19-9)8-20(3)15(22)18-13-6-11(16)5-12(17)7-13/h5-7H,8H2,1-4H3,(H,18,22). The van der Waals surface area contributed by atoms with Crippen LogP contribution in [0.15, 0.2) is 18.2 Å². The predicted octanol–water partition coefficient (Wildman–Crippen LogP) is 4.17. The van der Waals surface area contributed by atoms with Crippen molar-refractivity contribution in [2.75, 3.05) is 12.4 Å². The maximum absolute atomic E-state index is 5.99. The van der Waals surface area contributed by atoms with E-state index in [2.05, 4.69) is 17.3 Å². The Bertz CT molecular complexity index is 692. The first kappa shape index (κ1) is 17.1. The van der Waals surface area contributed by atoms with Crippen molar-refractivity contribution in [1.29, 1.82) is 0 Å². The lowest BCUT2D eigenvalue weighted by molar-refractivity contribution is 0.505. The number of nitrogens with one attached hydrogen (secondary N) is 1. The molecule has 0 aliphatic carbocycles. The Balaban J connectivity index is 2.09. The number of aromatic nitrogens is 2. The number of thiocarbonyl (C=S) groups is 1. The summed E-state index contributed by atoms with van der Waals surface area (Å²) >= 11 is 17.4. The third kappa shape index (κ3) is 3.91. The summed E-state index contributed by atoms with van der Waals surface area (Å²) < 4.78 is 1.88. The molecule has 0 radical (unpaired) electrons. The van der Waals surface area contributed by atoms with Crippen LogP contribution in [-0.2, 0) is 13.6 Å². The van der Waals surface area contributed by atoms with Gasteiger partial charge in [-0.2, -0.15) is 5.10 Å². The van der Waals surface area contributed by atoms with E-state index in [-0.39, 0.29) is 0 Å². The molecule has 0 aliphatic rings. The molecule has 0 fully saturated rings. The van der Waals surface area contributed by atoms with Gasteiger partial charge in [0.1, 0.15) is 0 Å². The smallest absolute Gasteiger partial charge is 0.173 e. The minimum absolute atomic E-state index is 0.569. The van der Waals surface area contributed by atoms with Gasteiger partial charge in [-0.3, -0.25) is 4.68 Å². The number of anilines is 1. The summed E-state index contributed by atoms with van der Waals surface area (Å²) in [5.74, 6) is 0. The molecule has 4 nitrogen and oxygen atoms in total. The SMILES string of the molecule is Cc1nn(C)c(C)c1CN(C)C(=S)Nc1cc(Cl)cc(Cl)c1. The molecule has 1 heterocycles. The summed E-state index contributed by atoms with van der Waals surface area (Å²) in [6.45, 7) is 4.74. The van der Waals surface area contributed by atoms with Crippen LogP contribution in [0.3, 0.4) is 0 Å². The molecule has 118 valence electrons. The lowest BCUT2D eigenvalue weighted by Crippen LogP contribution is -2.31. The Morgan fingerprint density at radius 2 is 1.86 bits per heavy atom. The van der Waals surface area contributed by atoms with E-state index in [0.717, 1.165) is 17.1 Å². The van der Waals surface area contributed by atoms with Gasteiger partial charge < -0.3 is 10.2 Å². The van der Waals surface area contributed by atoms with Crippen LogP contribution in [0.25, 0.3) is 0 Å². The van der Waals surface area contributed by atoms with Crippen molar-refractivity contribution in [3.63, 3.8) is 0 Å². The minimum atomic E-state index is 0.569. The Hall–Kier alpha value is -1.30. The number of benzene rings is 1. The summed E-state index contributed by atoms with van der Waals surface area (Å²) in [6.07, 6.45) is 0. The minimum Gasteiger partial charge on any atom is -0.348 e. The van der Waals surface area contributed by atoms with Gasteiger partial charge >= 0.3 is 0 Å². The van der Waals surface area contributed by atoms with E-state index in [1.54, 1.807) is 18.2 Å². The van der Waals surface area contributed by atoms with Gasteiger partial charge in [-0.05, 0) is 44.3 Å². The van der Waals surface area contributed by atoms with Crippen molar-refractivity contribution in [2.45, 2.75) is 20.4 Å². The quantitative estimate of drug-likeness (QED) is 0.836. The number of hydrogen-bond acceptors (Lipinski definition) is 2. The first-order valence-corrected chi connectivity index (χ1v) is 7.91. The summed E-state index contributed by atoms with van der Waals surface area (Å²) in [4.78, 5) is 1.96. The molecule has 0 saturated heterocycles. The summed E-state index contributed by atoms with van der Waals surface area (Å²) in [5.41, 5.74) is 4.10. The maximum Gasteiger partial charge on any atom is 0.173 e. The Kier molecular flexibility index (Phi) is 5.32. The van der Waals surface area contributed by atoms with Gasteiger partial charge in [-0.25, -0.2) is 0 Å². The number of aryl methyl sites for hydroxylation is 2. The van der Waals surface area contributed by atoms with Crippen LogP contribution < -0.4 is 5.32 Å². The van der Waals surface area contributed by atoms with Gasteiger partial charge in [-0.1, -0.05) is 23.2 Å². The van der Waals surface area contributed by atoms with Crippen LogP contribution in [-0.4, -0.2) is 26.8 Å². The van der Waals surface area contributed by atoms with E-state index in [0.29, 0.717) is 21.7 Å². The number of nitrogens with zero attached hydrogens (tertiary/aromatic N) is 3. The molecule has 2 aromatic rings. The maximum atomic E-state index is 5.99. The third-order valence-electron chi connectivity index (χ3n) is 3.51. The molecule has 2 rings (SSSR count). The van der Waals surface area contributed by atoms with E-state index in [4.69, 9.17) is 35.4 Å². The van der Waals surface area contributed by atoms with E-state index in [1.807, 2.05) is 30.6 Å². The normalized spacial score (nSPS) is 10.6. The zero-order valence-corrected chi connectivity index (χ0v) is 15.3. The van der Waals surface area contributed by atoms with Crippen LogP contribution in [0.1, 0.15) is 17.0 Å². The molecular weight excluding hydrogens is 339 g/mol. The highest BCUT2D eigenvalue weighted by atomic mass is 35.5. The molecule has 0 amide bonds. The number of hydrogen-bond donors (Lipinski definition) is 1. The Labute approximate surface area is 146 Å². The zero-order valence-electron chi connectivity index (χ0n) is 12.9. The average molecular weight is 357 g/mol. The summed E-state index contributed by atoms with van der Waals surface area (Å²) in [6, 6.07) is 5.26.